The van der Waals surface area contributed by atoms with Crippen LogP contribution in [0.2, 0.25) is 10.2 Å². The van der Waals surface area contributed by atoms with Gasteiger partial charge in [-0.15, -0.1) is 0 Å². The van der Waals surface area contributed by atoms with Crippen molar-refractivity contribution < 1.29 is 9.47 Å². The third kappa shape index (κ3) is 3.06. The Morgan fingerprint density at radius 3 is 2.56 bits per heavy atom. The van der Waals surface area contributed by atoms with Crippen molar-refractivity contribution in [3.8, 4) is 11.5 Å². The van der Waals surface area contributed by atoms with Crippen molar-refractivity contribution in [2.45, 2.75) is 6.61 Å². The molecule has 1 aromatic carbocycles. The lowest BCUT2D eigenvalue weighted by molar-refractivity contribution is 0.284. The largest absolute Gasteiger partial charge is 0.493 e. The van der Waals surface area contributed by atoms with Gasteiger partial charge in [-0.3, -0.25) is 0 Å². The van der Waals surface area contributed by atoms with Gasteiger partial charge in [-0.2, -0.15) is 0 Å². The van der Waals surface area contributed by atoms with Gasteiger partial charge in [0.1, 0.15) is 11.8 Å². The molecule has 0 bridgehead atoms. The Morgan fingerprint density at radius 2 is 1.89 bits per heavy atom. The third-order valence-corrected chi connectivity index (χ3v) is 2.91. The van der Waals surface area contributed by atoms with E-state index in [1.807, 2.05) is 24.3 Å². The molecular weight excluding hydrogens is 273 g/mol. The molecule has 18 heavy (non-hydrogen) atoms. The van der Waals surface area contributed by atoms with Crippen LogP contribution in [0.1, 0.15) is 5.56 Å². The molecule has 0 N–H and O–H groups in total. The highest BCUT2D eigenvalue weighted by Crippen LogP contribution is 2.27. The molecule has 0 atom stereocenters. The van der Waals surface area contributed by atoms with Gasteiger partial charge in [0, 0.05) is 11.8 Å². The van der Waals surface area contributed by atoms with Crippen molar-refractivity contribution in [1.29, 1.82) is 0 Å². The Balaban J connectivity index is 2.11. The molecule has 2 aromatic rings. The first kappa shape index (κ1) is 13.0. The Kier molecular flexibility index (Phi) is 4.28. The van der Waals surface area contributed by atoms with E-state index >= 15 is 0 Å². The quantitative estimate of drug-likeness (QED) is 0.796. The van der Waals surface area contributed by atoms with E-state index in [-0.39, 0.29) is 0 Å². The number of para-hydroxylation sites is 2. The Morgan fingerprint density at radius 1 is 1.17 bits per heavy atom. The number of rotatable bonds is 4. The molecule has 0 amide bonds. The molecule has 0 aliphatic carbocycles. The Hall–Kier alpha value is -1.45. The standard InChI is InChI=1S/C13H11Cl2NO2/c1-17-11-4-2-3-5-12(11)18-8-9-7-16-13(15)6-10(9)14/h2-7H,8H2,1H3. The third-order valence-electron chi connectivity index (χ3n) is 2.35. The van der Waals surface area contributed by atoms with Crippen LogP contribution < -0.4 is 9.47 Å². The summed E-state index contributed by atoms with van der Waals surface area (Å²) >= 11 is 11.8. The Labute approximate surface area is 115 Å². The van der Waals surface area contributed by atoms with Gasteiger partial charge in [0.2, 0.25) is 0 Å². The number of pyridine rings is 1. The van der Waals surface area contributed by atoms with Crippen molar-refractivity contribution in [1.82, 2.24) is 4.98 Å². The molecule has 0 saturated heterocycles. The van der Waals surface area contributed by atoms with Crippen LogP contribution in [0.15, 0.2) is 36.5 Å². The average Bonchev–Trinajstić information content (AvgIpc) is 2.38. The smallest absolute Gasteiger partial charge is 0.161 e. The number of halogens is 2. The summed E-state index contributed by atoms with van der Waals surface area (Å²) in [5.74, 6) is 1.33. The van der Waals surface area contributed by atoms with Crippen LogP contribution in [0.4, 0.5) is 0 Å². The van der Waals surface area contributed by atoms with Gasteiger partial charge < -0.3 is 9.47 Å². The van der Waals surface area contributed by atoms with Gasteiger partial charge >= 0.3 is 0 Å². The van der Waals surface area contributed by atoms with Crippen molar-refractivity contribution in [2.24, 2.45) is 0 Å². The minimum atomic E-state index is 0.309. The minimum Gasteiger partial charge on any atom is -0.493 e. The first-order valence-corrected chi connectivity index (χ1v) is 6.02. The lowest BCUT2D eigenvalue weighted by Crippen LogP contribution is -1.99. The van der Waals surface area contributed by atoms with Crippen LogP contribution in [0.3, 0.4) is 0 Å². The molecule has 1 heterocycles. The van der Waals surface area contributed by atoms with Gasteiger partial charge in [-0.25, -0.2) is 4.98 Å². The molecule has 0 spiro atoms. The molecule has 2 rings (SSSR count). The lowest BCUT2D eigenvalue weighted by Gasteiger charge is -2.10. The maximum Gasteiger partial charge on any atom is 0.161 e. The normalized spacial score (nSPS) is 10.2. The SMILES string of the molecule is COc1ccccc1OCc1cnc(Cl)cc1Cl. The zero-order valence-corrected chi connectivity index (χ0v) is 11.2. The highest BCUT2D eigenvalue weighted by atomic mass is 35.5. The zero-order chi connectivity index (χ0) is 13.0. The summed E-state index contributed by atoms with van der Waals surface area (Å²) in [5.41, 5.74) is 0.770. The highest BCUT2D eigenvalue weighted by Gasteiger charge is 2.06. The van der Waals surface area contributed by atoms with Gasteiger partial charge in [-0.1, -0.05) is 35.3 Å². The van der Waals surface area contributed by atoms with Crippen molar-refractivity contribution in [2.75, 3.05) is 7.11 Å². The second kappa shape index (κ2) is 5.94. The second-order valence-corrected chi connectivity index (χ2v) is 4.33. The predicted octanol–water partition coefficient (Wildman–Crippen LogP) is 3.98. The summed E-state index contributed by atoms with van der Waals surface area (Å²) < 4.78 is 10.8. The van der Waals surface area contributed by atoms with Crippen LogP contribution in [-0.4, -0.2) is 12.1 Å². The van der Waals surface area contributed by atoms with Crippen molar-refractivity contribution >= 4 is 23.2 Å². The van der Waals surface area contributed by atoms with Gasteiger partial charge in [0.15, 0.2) is 11.5 Å². The number of nitrogens with zero attached hydrogens (tertiary/aromatic N) is 1. The average molecular weight is 284 g/mol. The van der Waals surface area contributed by atoms with E-state index in [1.54, 1.807) is 19.4 Å². The number of hydrogen-bond acceptors (Lipinski definition) is 3. The summed E-state index contributed by atoms with van der Waals surface area (Å²) in [5, 5.41) is 0.894. The maximum absolute atomic E-state index is 6.03. The maximum atomic E-state index is 6.03. The molecule has 0 aliphatic heterocycles. The summed E-state index contributed by atoms with van der Waals surface area (Å²) in [6, 6.07) is 9.00. The molecule has 0 unspecified atom stereocenters. The molecule has 94 valence electrons. The van der Waals surface area contributed by atoms with Gasteiger partial charge in [0.25, 0.3) is 0 Å². The van der Waals surface area contributed by atoms with Crippen LogP contribution in [0.25, 0.3) is 0 Å². The number of methoxy groups -OCH3 is 1. The highest BCUT2D eigenvalue weighted by molar-refractivity contribution is 6.34. The minimum absolute atomic E-state index is 0.309. The first-order chi connectivity index (χ1) is 8.70. The van der Waals surface area contributed by atoms with E-state index in [0.717, 1.165) is 5.56 Å². The molecule has 3 nitrogen and oxygen atoms in total. The van der Waals surface area contributed by atoms with E-state index in [1.165, 1.54) is 0 Å². The molecule has 0 saturated carbocycles. The molecule has 1 aromatic heterocycles. The van der Waals surface area contributed by atoms with E-state index < -0.39 is 0 Å². The summed E-state index contributed by atoms with van der Waals surface area (Å²) in [6.07, 6.45) is 1.60. The fourth-order valence-electron chi connectivity index (χ4n) is 1.44. The molecule has 0 aliphatic rings. The molecule has 0 fully saturated rings. The number of benzene rings is 1. The Bertz CT molecular complexity index is 546. The van der Waals surface area contributed by atoms with Crippen molar-refractivity contribution in [3.05, 3.63) is 52.3 Å². The fraction of sp³-hybridized carbons (Fsp3) is 0.154. The number of aromatic nitrogens is 1. The number of ether oxygens (including phenoxy) is 2. The summed E-state index contributed by atoms with van der Waals surface area (Å²) in [6.45, 7) is 0.309. The van der Waals surface area contributed by atoms with Gasteiger partial charge in [-0.05, 0) is 18.2 Å². The zero-order valence-electron chi connectivity index (χ0n) is 9.69. The topological polar surface area (TPSA) is 31.4 Å². The van der Waals surface area contributed by atoms with E-state index in [9.17, 15) is 0 Å². The van der Waals surface area contributed by atoms with E-state index in [2.05, 4.69) is 4.98 Å². The predicted molar refractivity (Wildman–Crippen MR) is 71.6 cm³/mol. The van der Waals surface area contributed by atoms with E-state index in [0.29, 0.717) is 28.3 Å². The second-order valence-electron chi connectivity index (χ2n) is 3.54. The van der Waals surface area contributed by atoms with Crippen LogP contribution >= 0.6 is 23.2 Å². The molecular formula is C13H11Cl2NO2. The summed E-state index contributed by atoms with van der Waals surface area (Å²) in [7, 11) is 1.60. The number of hydrogen-bond donors (Lipinski definition) is 0. The van der Waals surface area contributed by atoms with E-state index in [4.69, 9.17) is 32.7 Å². The molecule has 5 heteroatoms. The van der Waals surface area contributed by atoms with Crippen molar-refractivity contribution in [3.63, 3.8) is 0 Å². The van der Waals surface area contributed by atoms with Crippen LogP contribution in [-0.2, 0) is 6.61 Å². The van der Waals surface area contributed by atoms with Crippen LogP contribution in [0, 0.1) is 0 Å². The monoisotopic (exact) mass is 283 g/mol. The van der Waals surface area contributed by atoms with Crippen LogP contribution in [0.5, 0.6) is 11.5 Å². The lowest BCUT2D eigenvalue weighted by atomic mass is 10.3. The molecule has 0 radical (unpaired) electrons. The summed E-state index contributed by atoms with van der Waals surface area (Å²) in [4.78, 5) is 3.96. The van der Waals surface area contributed by atoms with Gasteiger partial charge in [0.05, 0.1) is 12.1 Å². The first-order valence-electron chi connectivity index (χ1n) is 5.26. The fourth-order valence-corrected chi connectivity index (χ4v) is 1.86.